The Morgan fingerprint density at radius 1 is 0.939 bits per heavy atom. The minimum absolute atomic E-state index is 0.669. The van der Waals surface area contributed by atoms with Gasteiger partial charge in [-0.2, -0.15) is 0 Å². The molecular weight excluding hydrogens is 414 g/mol. The minimum atomic E-state index is 0.669. The third-order valence-corrected chi connectivity index (χ3v) is 6.74. The first-order chi connectivity index (χ1) is 16.2. The maximum Gasteiger partial charge on any atom is 0.171 e. The fourth-order valence-electron chi connectivity index (χ4n) is 4.93. The fourth-order valence-corrected chi connectivity index (χ4v) is 4.93. The summed E-state index contributed by atoms with van der Waals surface area (Å²) < 4.78 is 13.1. The van der Waals surface area contributed by atoms with E-state index in [0.717, 1.165) is 60.2 Å². The van der Waals surface area contributed by atoms with Crippen molar-refractivity contribution >= 4 is 16.6 Å². The quantitative estimate of drug-likeness (QED) is 0.422. The molecule has 2 aromatic heterocycles. The van der Waals surface area contributed by atoms with E-state index < -0.39 is 0 Å². The zero-order valence-corrected chi connectivity index (χ0v) is 19.6. The normalized spacial score (nSPS) is 15.4. The smallest absolute Gasteiger partial charge is 0.171 e. The van der Waals surface area contributed by atoms with E-state index in [9.17, 15) is 0 Å². The number of fused-ring (bicyclic) bond motifs is 3. The zero-order chi connectivity index (χ0) is 22.8. The molecule has 0 bridgehead atoms. The van der Waals surface area contributed by atoms with Gasteiger partial charge in [-0.25, -0.2) is 4.98 Å². The van der Waals surface area contributed by atoms with Crippen molar-refractivity contribution in [2.75, 3.05) is 27.3 Å². The summed E-state index contributed by atoms with van der Waals surface area (Å²) in [7, 11) is 3.28. The second-order valence-corrected chi connectivity index (χ2v) is 8.79. The van der Waals surface area contributed by atoms with Crippen LogP contribution in [0.1, 0.15) is 37.0 Å². The summed E-state index contributed by atoms with van der Waals surface area (Å²) in [6, 6.07) is 14.7. The van der Waals surface area contributed by atoms with Crippen LogP contribution in [0.2, 0.25) is 0 Å². The van der Waals surface area contributed by atoms with Gasteiger partial charge in [-0.1, -0.05) is 37.3 Å². The summed E-state index contributed by atoms with van der Waals surface area (Å²) in [5.74, 6) is 4.00. The minimum Gasteiger partial charge on any atom is -0.493 e. The molecule has 7 nitrogen and oxygen atoms in total. The number of hydrogen-bond acceptors (Lipinski definition) is 6. The molecule has 0 atom stereocenters. The fraction of sp³-hybridized carbons (Fsp3) is 0.423. The lowest BCUT2D eigenvalue weighted by Crippen LogP contribution is -2.34. The van der Waals surface area contributed by atoms with Crippen LogP contribution in [0, 0.1) is 5.92 Å². The van der Waals surface area contributed by atoms with Crippen LogP contribution in [0.15, 0.2) is 42.5 Å². The van der Waals surface area contributed by atoms with E-state index in [1.807, 2.05) is 12.1 Å². The van der Waals surface area contributed by atoms with Gasteiger partial charge in [0.1, 0.15) is 5.82 Å². The number of benzene rings is 2. The molecule has 1 aliphatic rings. The molecule has 172 valence electrons. The number of methoxy groups -OCH3 is 2. The van der Waals surface area contributed by atoms with Crippen LogP contribution >= 0.6 is 0 Å². The molecule has 3 heterocycles. The SMILES string of the molecule is CCc1nc2cc(OC)c(OC)cc2c2nnc(CN3CCC(Cc4ccccc4)CC3)n12. The largest absolute Gasteiger partial charge is 0.493 e. The molecular formula is C26H31N5O2. The van der Waals surface area contributed by atoms with Crippen molar-refractivity contribution in [3.8, 4) is 11.5 Å². The standard InChI is InChI=1S/C26H31N5O2/c1-4-24-27-21-16-23(33-3)22(32-2)15-20(21)26-29-28-25(31(24)26)17-30-12-10-19(11-13-30)14-18-8-6-5-7-9-18/h5-9,15-16,19H,4,10-14,17H2,1-3H3. The van der Waals surface area contributed by atoms with Crippen molar-refractivity contribution in [1.82, 2.24) is 24.5 Å². The maximum absolute atomic E-state index is 5.51. The van der Waals surface area contributed by atoms with E-state index in [1.54, 1.807) is 14.2 Å². The first kappa shape index (κ1) is 21.6. The van der Waals surface area contributed by atoms with Gasteiger partial charge in [0.2, 0.25) is 0 Å². The molecule has 0 N–H and O–H groups in total. The van der Waals surface area contributed by atoms with Crippen LogP contribution < -0.4 is 9.47 Å². The molecule has 1 fully saturated rings. The second kappa shape index (κ2) is 9.35. The lowest BCUT2D eigenvalue weighted by molar-refractivity contribution is 0.173. The summed E-state index contributed by atoms with van der Waals surface area (Å²) in [5, 5.41) is 10.1. The van der Waals surface area contributed by atoms with E-state index in [4.69, 9.17) is 14.5 Å². The Balaban J connectivity index is 1.38. The van der Waals surface area contributed by atoms with E-state index in [1.165, 1.54) is 24.8 Å². The molecule has 0 radical (unpaired) electrons. The number of piperidine rings is 1. The highest BCUT2D eigenvalue weighted by atomic mass is 16.5. The van der Waals surface area contributed by atoms with Gasteiger partial charge in [0.25, 0.3) is 0 Å². The van der Waals surface area contributed by atoms with Gasteiger partial charge in [-0.3, -0.25) is 9.30 Å². The van der Waals surface area contributed by atoms with Crippen molar-refractivity contribution in [3.63, 3.8) is 0 Å². The molecule has 1 saturated heterocycles. The monoisotopic (exact) mass is 445 g/mol. The van der Waals surface area contributed by atoms with Gasteiger partial charge >= 0.3 is 0 Å². The molecule has 7 heteroatoms. The van der Waals surface area contributed by atoms with E-state index >= 15 is 0 Å². The Morgan fingerprint density at radius 3 is 2.36 bits per heavy atom. The molecule has 5 rings (SSSR count). The third-order valence-electron chi connectivity index (χ3n) is 6.74. The Morgan fingerprint density at radius 2 is 1.67 bits per heavy atom. The summed E-state index contributed by atoms with van der Waals surface area (Å²) in [4.78, 5) is 7.42. The molecule has 0 amide bonds. The van der Waals surface area contributed by atoms with Gasteiger partial charge in [-0.05, 0) is 49.9 Å². The Bertz CT molecular complexity index is 1250. The Hall–Kier alpha value is -3.19. The van der Waals surface area contributed by atoms with Gasteiger partial charge in [-0.15, -0.1) is 10.2 Å². The van der Waals surface area contributed by atoms with E-state index in [0.29, 0.717) is 11.5 Å². The number of aryl methyl sites for hydroxylation is 1. The van der Waals surface area contributed by atoms with Crippen molar-refractivity contribution < 1.29 is 9.47 Å². The number of likely N-dealkylation sites (tertiary alicyclic amines) is 1. The highest BCUT2D eigenvalue weighted by molar-refractivity contribution is 5.93. The van der Waals surface area contributed by atoms with Crippen LogP contribution in [0.25, 0.3) is 16.6 Å². The number of rotatable bonds is 7. The number of aromatic nitrogens is 4. The highest BCUT2D eigenvalue weighted by Crippen LogP contribution is 2.33. The molecule has 0 aliphatic carbocycles. The second-order valence-electron chi connectivity index (χ2n) is 8.79. The average Bonchev–Trinajstić information content (AvgIpc) is 3.28. The molecule has 1 aliphatic heterocycles. The van der Waals surface area contributed by atoms with Crippen molar-refractivity contribution in [1.29, 1.82) is 0 Å². The first-order valence-electron chi connectivity index (χ1n) is 11.7. The van der Waals surface area contributed by atoms with Gasteiger partial charge in [0.05, 0.1) is 26.3 Å². The molecule has 4 aromatic rings. The Labute approximate surface area is 194 Å². The van der Waals surface area contributed by atoms with Gasteiger partial charge < -0.3 is 9.47 Å². The summed E-state index contributed by atoms with van der Waals surface area (Å²) in [5.41, 5.74) is 3.11. The van der Waals surface area contributed by atoms with Crippen LogP contribution in [-0.4, -0.2) is 51.8 Å². The van der Waals surface area contributed by atoms with Gasteiger partial charge in [0.15, 0.2) is 23.0 Å². The summed E-state index contributed by atoms with van der Waals surface area (Å²) in [6.07, 6.45) is 4.39. The summed E-state index contributed by atoms with van der Waals surface area (Å²) >= 11 is 0. The number of nitrogens with zero attached hydrogens (tertiary/aromatic N) is 5. The van der Waals surface area contributed by atoms with Crippen molar-refractivity contribution in [2.24, 2.45) is 5.92 Å². The average molecular weight is 446 g/mol. The topological polar surface area (TPSA) is 64.8 Å². The molecule has 0 saturated carbocycles. The Kier molecular flexibility index (Phi) is 6.13. The van der Waals surface area contributed by atoms with Crippen molar-refractivity contribution in [2.45, 2.75) is 39.2 Å². The van der Waals surface area contributed by atoms with Crippen LogP contribution in [0.5, 0.6) is 11.5 Å². The predicted molar refractivity (Wildman–Crippen MR) is 129 cm³/mol. The zero-order valence-electron chi connectivity index (χ0n) is 19.6. The molecule has 0 unspecified atom stereocenters. The molecule has 2 aromatic carbocycles. The van der Waals surface area contributed by atoms with E-state index in [2.05, 4.69) is 56.8 Å². The molecule has 0 spiro atoms. The highest BCUT2D eigenvalue weighted by Gasteiger charge is 2.23. The number of hydrogen-bond donors (Lipinski definition) is 0. The van der Waals surface area contributed by atoms with Crippen LogP contribution in [-0.2, 0) is 19.4 Å². The summed E-state index contributed by atoms with van der Waals surface area (Å²) in [6.45, 7) is 5.07. The molecule has 33 heavy (non-hydrogen) atoms. The van der Waals surface area contributed by atoms with Crippen LogP contribution in [0.3, 0.4) is 0 Å². The lowest BCUT2D eigenvalue weighted by Gasteiger charge is -2.31. The number of ether oxygens (including phenoxy) is 2. The van der Waals surface area contributed by atoms with E-state index in [-0.39, 0.29) is 0 Å². The third kappa shape index (κ3) is 4.25. The lowest BCUT2D eigenvalue weighted by atomic mass is 9.90. The predicted octanol–water partition coefficient (Wildman–Crippen LogP) is 4.31. The maximum atomic E-state index is 5.51. The van der Waals surface area contributed by atoms with Crippen LogP contribution in [0.4, 0.5) is 0 Å². The van der Waals surface area contributed by atoms with Gasteiger partial charge in [0, 0.05) is 17.9 Å². The first-order valence-corrected chi connectivity index (χ1v) is 11.7. The van der Waals surface area contributed by atoms with Crippen molar-refractivity contribution in [3.05, 3.63) is 59.7 Å².